The van der Waals surface area contributed by atoms with E-state index in [9.17, 15) is 33.6 Å². The van der Waals surface area contributed by atoms with E-state index in [-0.39, 0.29) is 31.0 Å². The maximum atomic E-state index is 10.6. The Bertz CT molecular complexity index is 2240. The fourth-order valence-corrected chi connectivity index (χ4v) is 5.25. The highest BCUT2D eigenvalue weighted by atomic mass is 16.4. The Balaban J connectivity index is 0. The Morgan fingerprint density at radius 1 is 0.500 bits per heavy atom. The lowest BCUT2D eigenvalue weighted by Gasteiger charge is -2.05. The topological polar surface area (TPSA) is 549 Å². The third-order valence-electron chi connectivity index (χ3n) is 9.35. The van der Waals surface area contributed by atoms with Crippen LogP contribution in [0, 0.1) is 0 Å². The van der Waals surface area contributed by atoms with Gasteiger partial charge in [-0.15, -0.1) is 0 Å². The normalized spacial score (nSPS) is 12.5. The standard InChI is InChI=1S/C11H12N2O2.C9H11NO3.C9H11NO2.C6H14N4O2.C6H14N2O2.C5H10N2O3/c12-9(11(14)15)5-7-6-13-10-4-2-1-3-8(7)10;10-8(9(12)13)5-6-1-3-7(11)4-2-6;10-8(9(11)12)6-7-4-2-1-3-5-7;7-4(5(11)12)2-1-3-10-6(8)9;7-4-2-1-3-5(8)6(9)10;6-3(5(9)10)1-2-4(7)8/h1-4,6,9,13H,5,12H2,(H,14,15);1-4,8,11H,5,10H2,(H,12,13);1-5,8H,6,10H2,(H,11,12);4H,1-3,7H2,(H,11,12)(H4,8,9,10);5H,1-4,7-8H2,(H,9,10);3H,1-2,6H2,(H2,7,8)(H,9,10). The Labute approximate surface area is 415 Å². The number of carboxylic acids is 6. The van der Waals surface area contributed by atoms with Crippen molar-refractivity contribution < 1.29 is 69.3 Å². The van der Waals surface area contributed by atoms with Gasteiger partial charge in [-0.05, 0) is 86.4 Å². The Kier molecular flexibility index (Phi) is 35.1. The minimum Gasteiger partial charge on any atom is -0.508 e. The molecular weight excluding hydrogens is 945 g/mol. The van der Waals surface area contributed by atoms with E-state index in [4.69, 9.17) is 93.1 Å². The number of aromatic amines is 1. The van der Waals surface area contributed by atoms with Gasteiger partial charge >= 0.3 is 35.8 Å². The number of unbranched alkanes of at least 4 members (excludes halogenated alkanes) is 1. The van der Waals surface area contributed by atoms with Crippen LogP contribution in [0.1, 0.15) is 61.6 Å². The number of H-pyrrole nitrogens is 1. The van der Waals surface area contributed by atoms with Gasteiger partial charge in [0, 0.05) is 36.5 Å². The maximum absolute atomic E-state index is 10.6. The van der Waals surface area contributed by atoms with Crippen molar-refractivity contribution in [1.82, 2.24) is 4.98 Å². The van der Waals surface area contributed by atoms with E-state index in [1.807, 2.05) is 60.8 Å². The van der Waals surface area contributed by atoms with Crippen molar-refractivity contribution in [3.63, 3.8) is 0 Å². The van der Waals surface area contributed by atoms with Crippen LogP contribution in [0.5, 0.6) is 5.75 Å². The summed E-state index contributed by atoms with van der Waals surface area (Å²) in [5.41, 5.74) is 55.4. The van der Waals surface area contributed by atoms with Gasteiger partial charge < -0.3 is 98.1 Å². The number of aromatic hydroxyl groups is 1. The largest absolute Gasteiger partial charge is 0.508 e. The lowest BCUT2D eigenvalue weighted by Crippen LogP contribution is -2.32. The van der Waals surface area contributed by atoms with Crippen molar-refractivity contribution in [2.24, 2.45) is 62.3 Å². The summed E-state index contributed by atoms with van der Waals surface area (Å²) >= 11 is 0. The molecule has 1 amide bonds. The number of nitrogens with zero attached hydrogens (tertiary/aromatic N) is 1. The first-order chi connectivity index (χ1) is 33.7. The number of phenols is 1. The number of nitrogens with one attached hydrogen (secondary N) is 1. The summed E-state index contributed by atoms with van der Waals surface area (Å²) in [7, 11) is 0. The fraction of sp³-hybridized carbons (Fsp3) is 0.391. The van der Waals surface area contributed by atoms with Crippen molar-refractivity contribution >= 4 is 58.6 Å². The Morgan fingerprint density at radius 2 is 0.917 bits per heavy atom. The molecule has 0 bridgehead atoms. The van der Waals surface area contributed by atoms with Gasteiger partial charge in [0.15, 0.2) is 5.96 Å². The Morgan fingerprint density at radius 3 is 1.36 bits per heavy atom. The number of hydrogen-bond acceptors (Lipinski definition) is 16. The molecule has 4 rings (SSSR count). The number of guanidine groups is 1. The van der Waals surface area contributed by atoms with Crippen LogP contribution in [0.4, 0.5) is 0 Å². The SMILES string of the molecule is NC(=O)CCC(N)C(=O)O.NC(Cc1c[nH]c2ccccc12)C(=O)O.NC(Cc1ccc(O)cc1)C(=O)O.NC(Cc1ccccc1)C(=O)O.NC(N)=NCCCC(N)C(=O)O.NCCCCC(N)C(=O)O. The second-order valence-corrected chi connectivity index (χ2v) is 15.5. The first kappa shape index (κ1) is 66.4. The zero-order valence-corrected chi connectivity index (χ0v) is 39.7. The molecule has 3 aromatic carbocycles. The highest BCUT2D eigenvalue weighted by Gasteiger charge is 2.16. The van der Waals surface area contributed by atoms with Gasteiger partial charge in [-0.25, -0.2) is 0 Å². The van der Waals surface area contributed by atoms with Gasteiger partial charge in [-0.1, -0.05) is 67.1 Å². The van der Waals surface area contributed by atoms with Gasteiger partial charge in [0.05, 0.1) is 0 Å². The molecule has 1 aromatic heterocycles. The smallest absolute Gasteiger partial charge is 0.320 e. The zero-order chi connectivity index (χ0) is 55.3. The van der Waals surface area contributed by atoms with Crippen LogP contribution in [-0.4, -0.2) is 138 Å². The number of hydrogen-bond donors (Lipinski definition) is 18. The zero-order valence-electron chi connectivity index (χ0n) is 39.7. The lowest BCUT2D eigenvalue weighted by molar-refractivity contribution is -0.139. The average Bonchev–Trinajstić information content (AvgIpc) is 3.73. The minimum absolute atomic E-state index is 0.0129. The molecule has 0 aliphatic rings. The van der Waals surface area contributed by atoms with Crippen LogP contribution < -0.4 is 57.3 Å². The van der Waals surface area contributed by atoms with Crippen LogP contribution in [0.15, 0.2) is 90.1 Å². The highest BCUT2D eigenvalue weighted by Crippen LogP contribution is 2.18. The number of aliphatic carboxylic acids is 6. The molecule has 0 saturated heterocycles. The number of carboxylic acid groups (broad SMARTS) is 6. The first-order valence-electron chi connectivity index (χ1n) is 22.0. The van der Waals surface area contributed by atoms with E-state index in [0.29, 0.717) is 45.2 Å². The summed E-state index contributed by atoms with van der Waals surface area (Å²) in [6.07, 6.45) is 6.06. The average molecular weight is 1020 g/mol. The number of phenolic OH excluding ortho intramolecular Hbond substituents is 1. The number of aliphatic imine (C=N–C) groups is 1. The molecule has 26 nitrogen and oxygen atoms in total. The van der Waals surface area contributed by atoms with Crippen molar-refractivity contribution in [1.29, 1.82) is 0 Å². The summed E-state index contributed by atoms with van der Waals surface area (Å²) in [6.45, 7) is 1.02. The predicted molar refractivity (Wildman–Crippen MR) is 269 cm³/mol. The monoisotopic (exact) mass is 1020 g/mol. The van der Waals surface area contributed by atoms with E-state index >= 15 is 0 Å². The van der Waals surface area contributed by atoms with Crippen LogP contribution >= 0.6 is 0 Å². The molecule has 0 fully saturated rings. The van der Waals surface area contributed by atoms with Gasteiger partial charge in [0.25, 0.3) is 0 Å². The predicted octanol–water partition coefficient (Wildman–Crippen LogP) is -1.25. The number of rotatable bonds is 23. The van der Waals surface area contributed by atoms with E-state index in [0.717, 1.165) is 40.4 Å². The molecule has 26 heteroatoms. The number of nitrogens with two attached hydrogens (primary N) is 10. The minimum atomic E-state index is -1.11. The van der Waals surface area contributed by atoms with Gasteiger partial charge in [-0.2, -0.15) is 0 Å². The summed E-state index contributed by atoms with van der Waals surface area (Å²) in [6, 6.07) is 18.4. The Hall–Kier alpha value is -7.72. The third kappa shape index (κ3) is 33.7. The molecular formula is C46H72N12O14. The lowest BCUT2D eigenvalue weighted by atomic mass is 10.1. The summed E-state index contributed by atoms with van der Waals surface area (Å²) < 4.78 is 0. The van der Waals surface area contributed by atoms with Crippen LogP contribution in [0.3, 0.4) is 0 Å². The summed E-state index contributed by atoms with van der Waals surface area (Å²) in [5.74, 6) is -6.35. The molecule has 0 aliphatic carbocycles. The summed E-state index contributed by atoms with van der Waals surface area (Å²) in [5, 5.41) is 60.7. The van der Waals surface area contributed by atoms with Crippen LogP contribution in [0.2, 0.25) is 0 Å². The second kappa shape index (κ2) is 38.1. The molecule has 6 atom stereocenters. The molecule has 0 radical (unpaired) electrons. The second-order valence-electron chi connectivity index (χ2n) is 15.5. The van der Waals surface area contributed by atoms with Crippen molar-refractivity contribution in [3.05, 3.63) is 102 Å². The molecule has 4 aromatic rings. The number of para-hydroxylation sites is 1. The van der Waals surface area contributed by atoms with Crippen LogP contribution in [-0.2, 0) is 52.8 Å². The number of carbonyl (C=O) groups is 7. The van der Waals surface area contributed by atoms with E-state index in [2.05, 4.69) is 9.98 Å². The summed E-state index contributed by atoms with van der Waals surface area (Å²) in [4.78, 5) is 78.7. The van der Waals surface area contributed by atoms with Gasteiger partial charge in [-0.3, -0.25) is 38.6 Å². The number of amides is 1. The molecule has 28 N–H and O–H groups in total. The number of carbonyl (C=O) groups excluding carboxylic acids is 1. The molecule has 0 spiro atoms. The van der Waals surface area contributed by atoms with Crippen molar-refractivity contribution in [2.45, 2.75) is 100 Å². The van der Waals surface area contributed by atoms with Crippen LogP contribution in [0.25, 0.3) is 10.9 Å². The fourth-order valence-electron chi connectivity index (χ4n) is 5.25. The number of primary amides is 1. The van der Waals surface area contributed by atoms with E-state index < -0.39 is 78.0 Å². The molecule has 1 heterocycles. The molecule has 0 saturated carbocycles. The van der Waals surface area contributed by atoms with Crippen molar-refractivity contribution in [3.8, 4) is 5.75 Å². The number of aromatic nitrogens is 1. The quantitative estimate of drug-likeness (QED) is 0.0234. The number of benzene rings is 3. The maximum Gasteiger partial charge on any atom is 0.320 e. The van der Waals surface area contributed by atoms with E-state index in [1.54, 1.807) is 12.1 Å². The number of fused-ring (bicyclic) bond motifs is 1. The van der Waals surface area contributed by atoms with Gasteiger partial charge in [0.1, 0.15) is 42.0 Å². The van der Waals surface area contributed by atoms with Crippen molar-refractivity contribution in [2.75, 3.05) is 13.1 Å². The molecule has 0 aliphatic heterocycles. The third-order valence-corrected chi connectivity index (χ3v) is 9.35. The first-order valence-corrected chi connectivity index (χ1v) is 22.0. The highest BCUT2D eigenvalue weighted by molar-refractivity contribution is 5.84. The molecule has 6 unspecified atom stereocenters. The van der Waals surface area contributed by atoms with Gasteiger partial charge in [0.2, 0.25) is 5.91 Å². The molecule has 72 heavy (non-hydrogen) atoms. The molecule has 400 valence electrons. The van der Waals surface area contributed by atoms with E-state index in [1.165, 1.54) is 12.1 Å².